The third kappa shape index (κ3) is 1.94. The van der Waals surface area contributed by atoms with Gasteiger partial charge in [-0.15, -0.1) is 0 Å². The quantitative estimate of drug-likeness (QED) is 0.728. The molecule has 1 aromatic rings. The summed E-state index contributed by atoms with van der Waals surface area (Å²) in [5.41, 5.74) is 1.11. The summed E-state index contributed by atoms with van der Waals surface area (Å²) in [4.78, 5) is 13.3. The molecular formula is C13H15NO2. The lowest BCUT2D eigenvalue weighted by Crippen LogP contribution is -2.32. The fourth-order valence-electron chi connectivity index (χ4n) is 1.86. The van der Waals surface area contributed by atoms with Crippen molar-refractivity contribution in [2.45, 2.75) is 25.6 Å². The average molecular weight is 217 g/mol. The summed E-state index contributed by atoms with van der Waals surface area (Å²) in [5.74, 6) is 0. The summed E-state index contributed by atoms with van der Waals surface area (Å²) in [6.07, 6.45) is 1.21. The van der Waals surface area contributed by atoms with Gasteiger partial charge in [0, 0.05) is 6.54 Å². The van der Waals surface area contributed by atoms with E-state index in [-0.39, 0.29) is 18.2 Å². The molecule has 16 heavy (non-hydrogen) atoms. The van der Waals surface area contributed by atoms with Crippen LogP contribution in [0.15, 0.2) is 43.0 Å². The van der Waals surface area contributed by atoms with E-state index in [4.69, 9.17) is 4.74 Å². The first-order chi connectivity index (χ1) is 7.72. The van der Waals surface area contributed by atoms with Crippen molar-refractivity contribution in [3.63, 3.8) is 0 Å². The Labute approximate surface area is 95.3 Å². The minimum Gasteiger partial charge on any atom is -0.440 e. The highest BCUT2D eigenvalue weighted by Crippen LogP contribution is 2.22. The van der Waals surface area contributed by atoms with Gasteiger partial charge in [0.1, 0.15) is 6.10 Å². The molecule has 1 fully saturated rings. The van der Waals surface area contributed by atoms with E-state index in [1.807, 2.05) is 37.3 Å². The molecule has 0 aromatic heterocycles. The number of cyclic esters (lactones) is 1. The fourth-order valence-corrected chi connectivity index (χ4v) is 1.86. The predicted octanol–water partition coefficient (Wildman–Crippen LogP) is 2.58. The van der Waals surface area contributed by atoms with Gasteiger partial charge in [0.15, 0.2) is 0 Å². The molecule has 1 saturated heterocycles. The van der Waals surface area contributed by atoms with Gasteiger partial charge in [0.05, 0.1) is 6.04 Å². The monoisotopic (exact) mass is 217 g/mol. The van der Waals surface area contributed by atoms with Crippen LogP contribution < -0.4 is 0 Å². The number of hydrogen-bond donors (Lipinski definition) is 0. The van der Waals surface area contributed by atoms with E-state index in [1.165, 1.54) is 0 Å². The number of nitrogens with zero attached hydrogens (tertiary/aromatic N) is 1. The molecule has 0 unspecified atom stereocenters. The Morgan fingerprint density at radius 1 is 1.44 bits per heavy atom. The molecule has 2 atom stereocenters. The summed E-state index contributed by atoms with van der Waals surface area (Å²) in [6.45, 7) is 6.23. The molecule has 0 spiro atoms. The maximum absolute atomic E-state index is 11.6. The van der Waals surface area contributed by atoms with E-state index < -0.39 is 0 Å². The maximum atomic E-state index is 11.6. The van der Waals surface area contributed by atoms with Gasteiger partial charge in [0.2, 0.25) is 0 Å². The molecule has 0 aliphatic carbocycles. The van der Waals surface area contributed by atoms with Crippen molar-refractivity contribution in [3.05, 3.63) is 48.6 Å². The Balaban J connectivity index is 2.11. The SMILES string of the molecule is C=C[C@H]1OC(=O)N(Cc2ccccc2)[C@H]1C. The molecule has 0 saturated carbocycles. The molecule has 1 aliphatic heterocycles. The highest BCUT2D eigenvalue weighted by molar-refractivity contribution is 5.71. The lowest BCUT2D eigenvalue weighted by atomic mass is 10.1. The maximum Gasteiger partial charge on any atom is 0.411 e. The van der Waals surface area contributed by atoms with Gasteiger partial charge in [-0.25, -0.2) is 4.79 Å². The van der Waals surface area contributed by atoms with Gasteiger partial charge < -0.3 is 4.74 Å². The van der Waals surface area contributed by atoms with E-state index in [0.29, 0.717) is 6.54 Å². The molecule has 0 bridgehead atoms. The number of rotatable bonds is 3. The van der Waals surface area contributed by atoms with Crippen molar-refractivity contribution in [2.24, 2.45) is 0 Å². The standard InChI is InChI=1S/C13H15NO2/c1-3-12-10(2)14(13(15)16-12)9-11-7-5-4-6-8-11/h3-8,10,12H,1,9H2,2H3/t10-,12+/m0/s1. The smallest absolute Gasteiger partial charge is 0.411 e. The lowest BCUT2D eigenvalue weighted by Gasteiger charge is -2.19. The zero-order valence-corrected chi connectivity index (χ0v) is 9.30. The van der Waals surface area contributed by atoms with E-state index in [2.05, 4.69) is 6.58 Å². The predicted molar refractivity (Wildman–Crippen MR) is 61.9 cm³/mol. The average Bonchev–Trinajstić information content (AvgIpc) is 2.58. The van der Waals surface area contributed by atoms with Crippen molar-refractivity contribution < 1.29 is 9.53 Å². The van der Waals surface area contributed by atoms with Gasteiger partial charge in [-0.1, -0.05) is 36.9 Å². The van der Waals surface area contributed by atoms with Crippen LogP contribution >= 0.6 is 0 Å². The zero-order chi connectivity index (χ0) is 11.5. The number of ether oxygens (including phenoxy) is 1. The zero-order valence-electron chi connectivity index (χ0n) is 9.30. The molecule has 0 radical (unpaired) electrons. The van der Waals surface area contributed by atoms with Crippen LogP contribution in [-0.4, -0.2) is 23.1 Å². The second kappa shape index (κ2) is 4.39. The van der Waals surface area contributed by atoms with E-state index >= 15 is 0 Å². The van der Waals surface area contributed by atoms with E-state index in [1.54, 1.807) is 11.0 Å². The molecule has 1 aromatic carbocycles. The molecule has 3 heteroatoms. The first kappa shape index (κ1) is 10.7. The highest BCUT2D eigenvalue weighted by Gasteiger charge is 2.36. The molecule has 1 aliphatic rings. The second-order valence-corrected chi connectivity index (χ2v) is 3.94. The van der Waals surface area contributed by atoms with Crippen molar-refractivity contribution in [3.8, 4) is 0 Å². The van der Waals surface area contributed by atoms with E-state index in [0.717, 1.165) is 5.56 Å². The fraction of sp³-hybridized carbons (Fsp3) is 0.308. The summed E-state index contributed by atoms with van der Waals surface area (Å²) in [6, 6.07) is 9.94. The van der Waals surface area contributed by atoms with Crippen molar-refractivity contribution in [1.82, 2.24) is 4.90 Å². The Morgan fingerprint density at radius 3 is 2.69 bits per heavy atom. The van der Waals surface area contributed by atoms with Gasteiger partial charge in [-0.2, -0.15) is 0 Å². The summed E-state index contributed by atoms with van der Waals surface area (Å²) in [5, 5.41) is 0. The van der Waals surface area contributed by atoms with Gasteiger partial charge in [-0.05, 0) is 18.6 Å². The third-order valence-electron chi connectivity index (χ3n) is 2.87. The van der Waals surface area contributed by atoms with Crippen LogP contribution in [0.25, 0.3) is 0 Å². The summed E-state index contributed by atoms with van der Waals surface area (Å²) < 4.78 is 5.18. The highest BCUT2D eigenvalue weighted by atomic mass is 16.6. The first-order valence-corrected chi connectivity index (χ1v) is 5.36. The Bertz CT molecular complexity index is 388. The van der Waals surface area contributed by atoms with Crippen LogP contribution in [0, 0.1) is 0 Å². The number of benzene rings is 1. The Hall–Kier alpha value is -1.77. The van der Waals surface area contributed by atoms with Crippen molar-refractivity contribution >= 4 is 6.09 Å². The Kier molecular flexibility index (Phi) is 2.95. The molecule has 2 rings (SSSR count). The van der Waals surface area contributed by atoms with Crippen LogP contribution in [0.1, 0.15) is 12.5 Å². The molecule has 84 valence electrons. The largest absolute Gasteiger partial charge is 0.440 e. The Morgan fingerprint density at radius 2 is 2.12 bits per heavy atom. The molecular weight excluding hydrogens is 202 g/mol. The topological polar surface area (TPSA) is 29.5 Å². The van der Waals surface area contributed by atoms with Crippen molar-refractivity contribution in [2.75, 3.05) is 0 Å². The number of amides is 1. The number of hydrogen-bond acceptors (Lipinski definition) is 2. The molecule has 3 nitrogen and oxygen atoms in total. The second-order valence-electron chi connectivity index (χ2n) is 3.94. The van der Waals surface area contributed by atoms with E-state index in [9.17, 15) is 4.79 Å². The molecule has 0 N–H and O–H groups in total. The molecule has 1 heterocycles. The van der Waals surface area contributed by atoms with Crippen molar-refractivity contribution in [1.29, 1.82) is 0 Å². The van der Waals surface area contributed by atoms with Crippen LogP contribution in [0.3, 0.4) is 0 Å². The third-order valence-corrected chi connectivity index (χ3v) is 2.87. The van der Waals surface area contributed by atoms with Gasteiger partial charge in [0.25, 0.3) is 0 Å². The minimum absolute atomic E-state index is 0.0465. The number of carbonyl (C=O) groups excluding carboxylic acids is 1. The minimum atomic E-state index is -0.263. The lowest BCUT2D eigenvalue weighted by molar-refractivity contribution is 0.144. The van der Waals surface area contributed by atoms with Crippen LogP contribution in [-0.2, 0) is 11.3 Å². The van der Waals surface area contributed by atoms with Gasteiger partial charge >= 0.3 is 6.09 Å². The number of carbonyl (C=O) groups is 1. The first-order valence-electron chi connectivity index (χ1n) is 5.36. The summed E-state index contributed by atoms with van der Waals surface area (Å²) >= 11 is 0. The van der Waals surface area contributed by atoms with Crippen LogP contribution in [0.2, 0.25) is 0 Å². The van der Waals surface area contributed by atoms with Crippen LogP contribution in [0.4, 0.5) is 4.79 Å². The normalized spacial score (nSPS) is 24.3. The summed E-state index contributed by atoms with van der Waals surface area (Å²) in [7, 11) is 0. The molecule has 1 amide bonds. The van der Waals surface area contributed by atoms with Crippen LogP contribution in [0.5, 0.6) is 0 Å². The van der Waals surface area contributed by atoms with Gasteiger partial charge in [-0.3, -0.25) is 4.90 Å².